The summed E-state index contributed by atoms with van der Waals surface area (Å²) in [5.41, 5.74) is 0.773. The van der Waals surface area contributed by atoms with Crippen molar-refractivity contribution in [2.75, 3.05) is 38.8 Å². The van der Waals surface area contributed by atoms with Crippen molar-refractivity contribution in [3.8, 4) is 11.5 Å². The van der Waals surface area contributed by atoms with E-state index in [2.05, 4.69) is 10.3 Å². The van der Waals surface area contributed by atoms with E-state index in [4.69, 9.17) is 25.8 Å². The molecule has 0 atom stereocenters. The third-order valence-corrected chi connectivity index (χ3v) is 4.01. The fourth-order valence-electron chi connectivity index (χ4n) is 1.88. The van der Waals surface area contributed by atoms with Crippen LogP contribution in [-0.2, 0) is 4.74 Å². The molecule has 0 saturated carbocycles. The molecule has 0 spiro atoms. The van der Waals surface area contributed by atoms with E-state index in [1.165, 1.54) is 11.3 Å². The SMILES string of the molecule is CCOc1cc(Cl)c(OCC)c2sc(NCCOC)nc12. The van der Waals surface area contributed by atoms with Crippen molar-refractivity contribution in [1.82, 2.24) is 4.98 Å². The first-order valence-electron chi connectivity index (χ1n) is 6.82. The van der Waals surface area contributed by atoms with Crippen LogP contribution in [-0.4, -0.2) is 38.5 Å². The molecular weight excluding hydrogens is 312 g/mol. The van der Waals surface area contributed by atoms with E-state index in [0.29, 0.717) is 42.9 Å². The quantitative estimate of drug-likeness (QED) is 0.746. The molecule has 7 heteroatoms. The summed E-state index contributed by atoms with van der Waals surface area (Å²) in [6.07, 6.45) is 0. The molecular formula is C14H19ClN2O3S. The number of benzene rings is 1. The smallest absolute Gasteiger partial charge is 0.184 e. The number of aromatic nitrogens is 1. The molecule has 2 rings (SSSR count). The highest BCUT2D eigenvalue weighted by atomic mass is 35.5. The number of anilines is 1. The monoisotopic (exact) mass is 330 g/mol. The first kappa shape index (κ1) is 16.1. The van der Waals surface area contributed by atoms with Crippen molar-refractivity contribution in [2.45, 2.75) is 13.8 Å². The third-order valence-electron chi connectivity index (χ3n) is 2.71. The van der Waals surface area contributed by atoms with E-state index >= 15 is 0 Å². The Balaban J connectivity index is 2.43. The van der Waals surface area contributed by atoms with E-state index in [0.717, 1.165) is 15.3 Å². The second-order valence-electron chi connectivity index (χ2n) is 4.17. The predicted octanol–water partition coefficient (Wildman–Crippen LogP) is 3.81. The second-order valence-corrected chi connectivity index (χ2v) is 5.57. The molecule has 0 fully saturated rings. The number of hydrogen-bond acceptors (Lipinski definition) is 6. The molecule has 21 heavy (non-hydrogen) atoms. The van der Waals surface area contributed by atoms with Crippen LogP contribution in [0.15, 0.2) is 6.07 Å². The first-order chi connectivity index (χ1) is 10.2. The molecule has 0 unspecified atom stereocenters. The molecule has 1 N–H and O–H groups in total. The van der Waals surface area contributed by atoms with E-state index in [-0.39, 0.29) is 0 Å². The molecule has 0 aliphatic heterocycles. The molecule has 2 aromatic rings. The van der Waals surface area contributed by atoms with Gasteiger partial charge < -0.3 is 19.5 Å². The van der Waals surface area contributed by atoms with Crippen LogP contribution in [0.25, 0.3) is 10.2 Å². The van der Waals surface area contributed by atoms with Gasteiger partial charge in [-0.15, -0.1) is 0 Å². The summed E-state index contributed by atoms with van der Waals surface area (Å²) in [6.45, 7) is 6.28. The van der Waals surface area contributed by atoms with Gasteiger partial charge in [0, 0.05) is 19.7 Å². The standard InChI is InChI=1S/C14H19ClN2O3S/c1-4-19-10-8-9(15)12(20-5-2)13-11(10)17-14(21-13)16-6-7-18-3/h8H,4-7H2,1-3H3,(H,16,17). The lowest BCUT2D eigenvalue weighted by Gasteiger charge is -2.09. The summed E-state index contributed by atoms with van der Waals surface area (Å²) >= 11 is 7.79. The topological polar surface area (TPSA) is 52.6 Å². The van der Waals surface area contributed by atoms with Gasteiger partial charge in [0.05, 0.1) is 24.8 Å². The van der Waals surface area contributed by atoms with Crippen molar-refractivity contribution in [3.05, 3.63) is 11.1 Å². The van der Waals surface area contributed by atoms with E-state index in [9.17, 15) is 0 Å². The van der Waals surface area contributed by atoms with Gasteiger partial charge in [0.1, 0.15) is 16.0 Å². The number of ether oxygens (including phenoxy) is 3. The summed E-state index contributed by atoms with van der Waals surface area (Å²) in [5, 5.41) is 4.56. The van der Waals surface area contributed by atoms with Gasteiger partial charge in [0.25, 0.3) is 0 Å². The van der Waals surface area contributed by atoms with Crippen molar-refractivity contribution in [2.24, 2.45) is 0 Å². The first-order valence-corrected chi connectivity index (χ1v) is 8.02. The normalized spacial score (nSPS) is 10.9. The van der Waals surface area contributed by atoms with Gasteiger partial charge >= 0.3 is 0 Å². The average molecular weight is 331 g/mol. The minimum Gasteiger partial charge on any atom is -0.491 e. The van der Waals surface area contributed by atoms with Gasteiger partial charge in [-0.2, -0.15) is 0 Å². The summed E-state index contributed by atoms with van der Waals surface area (Å²) < 4.78 is 17.2. The zero-order valence-electron chi connectivity index (χ0n) is 12.4. The maximum atomic E-state index is 6.29. The van der Waals surface area contributed by atoms with Crippen LogP contribution in [0.5, 0.6) is 11.5 Å². The highest BCUT2D eigenvalue weighted by Gasteiger charge is 2.18. The van der Waals surface area contributed by atoms with Crippen molar-refractivity contribution < 1.29 is 14.2 Å². The van der Waals surface area contributed by atoms with Gasteiger partial charge in [0.15, 0.2) is 10.9 Å². The minimum absolute atomic E-state index is 0.542. The fraction of sp³-hybridized carbons (Fsp3) is 0.500. The fourth-order valence-corrected chi connectivity index (χ4v) is 3.19. The number of nitrogens with one attached hydrogen (secondary N) is 1. The minimum atomic E-state index is 0.542. The molecule has 0 radical (unpaired) electrons. The van der Waals surface area contributed by atoms with Crippen LogP contribution in [0.4, 0.5) is 5.13 Å². The Morgan fingerprint density at radius 3 is 2.71 bits per heavy atom. The Morgan fingerprint density at radius 1 is 1.29 bits per heavy atom. The molecule has 1 aromatic heterocycles. The summed E-state index contributed by atoms with van der Waals surface area (Å²) in [4.78, 5) is 4.58. The van der Waals surface area contributed by atoms with Crippen LogP contribution in [0.3, 0.4) is 0 Å². The highest BCUT2D eigenvalue weighted by Crippen LogP contribution is 2.43. The summed E-state index contributed by atoms with van der Waals surface area (Å²) in [6, 6.07) is 1.76. The molecule has 0 aliphatic carbocycles. The zero-order valence-corrected chi connectivity index (χ0v) is 13.9. The van der Waals surface area contributed by atoms with E-state index < -0.39 is 0 Å². The molecule has 5 nitrogen and oxygen atoms in total. The van der Waals surface area contributed by atoms with Crippen molar-refractivity contribution >= 4 is 38.3 Å². The molecule has 1 aromatic carbocycles. The predicted molar refractivity (Wildman–Crippen MR) is 87.3 cm³/mol. The van der Waals surface area contributed by atoms with Gasteiger partial charge in [-0.3, -0.25) is 0 Å². The molecule has 1 heterocycles. The van der Waals surface area contributed by atoms with Crippen LogP contribution in [0, 0.1) is 0 Å². The van der Waals surface area contributed by atoms with Crippen LogP contribution in [0.1, 0.15) is 13.8 Å². The maximum Gasteiger partial charge on any atom is 0.184 e. The Hall–Kier alpha value is -1.24. The van der Waals surface area contributed by atoms with Gasteiger partial charge in [-0.05, 0) is 13.8 Å². The number of rotatable bonds is 8. The van der Waals surface area contributed by atoms with Crippen molar-refractivity contribution in [3.63, 3.8) is 0 Å². The lowest BCUT2D eigenvalue weighted by molar-refractivity contribution is 0.211. The number of thiazole rings is 1. The highest BCUT2D eigenvalue weighted by molar-refractivity contribution is 7.22. The van der Waals surface area contributed by atoms with Gasteiger partial charge in [-0.25, -0.2) is 4.98 Å². The number of fused-ring (bicyclic) bond motifs is 1. The lowest BCUT2D eigenvalue weighted by Crippen LogP contribution is -2.06. The van der Waals surface area contributed by atoms with E-state index in [1.807, 2.05) is 13.8 Å². The molecule has 0 bridgehead atoms. The maximum absolute atomic E-state index is 6.29. The largest absolute Gasteiger partial charge is 0.491 e. The van der Waals surface area contributed by atoms with Crippen LogP contribution < -0.4 is 14.8 Å². The summed E-state index contributed by atoms with van der Waals surface area (Å²) in [5.74, 6) is 1.34. The van der Waals surface area contributed by atoms with Crippen molar-refractivity contribution in [1.29, 1.82) is 0 Å². The molecule has 0 aliphatic rings. The Kier molecular flexibility index (Phi) is 5.90. The molecule has 0 saturated heterocycles. The summed E-state index contributed by atoms with van der Waals surface area (Å²) in [7, 11) is 1.67. The molecule has 116 valence electrons. The molecule has 0 amide bonds. The second kappa shape index (κ2) is 7.68. The number of methoxy groups -OCH3 is 1. The number of nitrogens with zero attached hydrogens (tertiary/aromatic N) is 1. The zero-order chi connectivity index (χ0) is 15.2. The van der Waals surface area contributed by atoms with Gasteiger partial charge in [0.2, 0.25) is 0 Å². The Bertz CT molecular complexity index is 603. The van der Waals surface area contributed by atoms with E-state index in [1.54, 1.807) is 13.2 Å². The Morgan fingerprint density at radius 2 is 2.05 bits per heavy atom. The Labute approximate surface area is 133 Å². The van der Waals surface area contributed by atoms with Crippen LogP contribution >= 0.6 is 22.9 Å². The van der Waals surface area contributed by atoms with Crippen LogP contribution in [0.2, 0.25) is 5.02 Å². The lowest BCUT2D eigenvalue weighted by atomic mass is 10.3. The number of hydrogen-bond donors (Lipinski definition) is 1. The number of halogens is 1. The average Bonchev–Trinajstić information content (AvgIpc) is 2.88. The third kappa shape index (κ3) is 3.70. The van der Waals surface area contributed by atoms with Gasteiger partial charge in [-0.1, -0.05) is 22.9 Å².